The fourth-order valence-electron chi connectivity index (χ4n) is 1.41. The standard InChI is InChI=1S/C13H12Cl2FNO3/c1-3-20-13(19)8(6-17-2)12(18)7-4-11(16)10(15)5-9(7)14/h4-6,17H,3H2,1-2H3/b8-6+. The monoisotopic (exact) mass is 319 g/mol. The van der Waals surface area contributed by atoms with Gasteiger partial charge < -0.3 is 10.1 Å². The normalized spacial score (nSPS) is 11.2. The zero-order valence-electron chi connectivity index (χ0n) is 10.8. The molecule has 0 bridgehead atoms. The summed E-state index contributed by atoms with van der Waals surface area (Å²) in [5.74, 6) is -2.37. The van der Waals surface area contributed by atoms with Crippen LogP contribution in [0, 0.1) is 5.82 Å². The summed E-state index contributed by atoms with van der Waals surface area (Å²) in [6, 6.07) is 1.99. The van der Waals surface area contributed by atoms with Gasteiger partial charge in [-0.2, -0.15) is 0 Å². The van der Waals surface area contributed by atoms with Crippen LogP contribution >= 0.6 is 23.2 Å². The van der Waals surface area contributed by atoms with Gasteiger partial charge in [0.15, 0.2) is 0 Å². The predicted octanol–water partition coefficient (Wildman–Crippen LogP) is 2.98. The van der Waals surface area contributed by atoms with Crippen molar-refractivity contribution in [2.75, 3.05) is 13.7 Å². The molecule has 0 saturated carbocycles. The van der Waals surface area contributed by atoms with E-state index in [-0.39, 0.29) is 27.8 Å². The van der Waals surface area contributed by atoms with Gasteiger partial charge in [0.2, 0.25) is 5.78 Å². The highest BCUT2D eigenvalue weighted by atomic mass is 35.5. The minimum atomic E-state index is -0.821. The highest BCUT2D eigenvalue weighted by Crippen LogP contribution is 2.26. The SMILES string of the molecule is CCOC(=O)/C(=C/NC)C(=O)c1cc(F)c(Cl)cc1Cl. The molecule has 0 aliphatic heterocycles. The zero-order valence-corrected chi connectivity index (χ0v) is 12.3. The van der Waals surface area contributed by atoms with Gasteiger partial charge in [0.25, 0.3) is 0 Å². The van der Waals surface area contributed by atoms with Crippen LogP contribution < -0.4 is 5.32 Å². The fraction of sp³-hybridized carbons (Fsp3) is 0.231. The molecule has 7 heteroatoms. The van der Waals surface area contributed by atoms with Crippen LogP contribution in [0.5, 0.6) is 0 Å². The third-order valence-electron chi connectivity index (χ3n) is 2.28. The number of nitrogens with one attached hydrogen (secondary N) is 1. The lowest BCUT2D eigenvalue weighted by molar-refractivity contribution is -0.138. The van der Waals surface area contributed by atoms with E-state index >= 15 is 0 Å². The summed E-state index contributed by atoms with van der Waals surface area (Å²) < 4.78 is 18.2. The predicted molar refractivity (Wildman–Crippen MR) is 74.5 cm³/mol. The summed E-state index contributed by atoms with van der Waals surface area (Å²) in [6.07, 6.45) is 1.17. The summed E-state index contributed by atoms with van der Waals surface area (Å²) in [7, 11) is 1.51. The van der Waals surface area contributed by atoms with Crippen molar-refractivity contribution in [1.82, 2.24) is 5.32 Å². The Labute approximate surface area is 125 Å². The van der Waals surface area contributed by atoms with E-state index in [0.717, 1.165) is 12.1 Å². The molecule has 0 saturated heterocycles. The second-order valence-electron chi connectivity index (χ2n) is 3.64. The molecule has 0 spiro atoms. The molecule has 0 unspecified atom stereocenters. The number of rotatable bonds is 5. The van der Waals surface area contributed by atoms with Crippen LogP contribution in [0.15, 0.2) is 23.9 Å². The first-order valence-corrected chi connectivity index (χ1v) is 6.41. The number of halogens is 3. The number of benzene rings is 1. The van der Waals surface area contributed by atoms with Crippen LogP contribution in [0.4, 0.5) is 4.39 Å². The van der Waals surface area contributed by atoms with E-state index in [2.05, 4.69) is 5.32 Å². The van der Waals surface area contributed by atoms with Crippen molar-refractivity contribution < 1.29 is 18.7 Å². The maximum absolute atomic E-state index is 13.4. The molecule has 0 fully saturated rings. The van der Waals surface area contributed by atoms with Crippen molar-refractivity contribution in [3.8, 4) is 0 Å². The highest BCUT2D eigenvalue weighted by molar-refractivity contribution is 6.39. The number of hydrogen-bond acceptors (Lipinski definition) is 4. The van der Waals surface area contributed by atoms with Gasteiger partial charge in [-0.15, -0.1) is 0 Å². The maximum Gasteiger partial charge on any atom is 0.343 e. The Bertz CT molecular complexity index is 573. The van der Waals surface area contributed by atoms with Gasteiger partial charge in [-0.25, -0.2) is 9.18 Å². The van der Waals surface area contributed by atoms with Gasteiger partial charge in [-0.05, 0) is 19.1 Å². The molecular formula is C13H12Cl2FNO3. The molecule has 0 heterocycles. The molecular weight excluding hydrogens is 308 g/mol. The van der Waals surface area contributed by atoms with Gasteiger partial charge >= 0.3 is 5.97 Å². The number of ether oxygens (including phenoxy) is 1. The van der Waals surface area contributed by atoms with E-state index in [1.807, 2.05) is 0 Å². The molecule has 1 N–H and O–H groups in total. The first kappa shape index (κ1) is 16.5. The van der Waals surface area contributed by atoms with Crippen molar-refractivity contribution in [2.24, 2.45) is 0 Å². The van der Waals surface area contributed by atoms with E-state index in [4.69, 9.17) is 27.9 Å². The molecule has 0 aliphatic rings. The van der Waals surface area contributed by atoms with Crippen molar-refractivity contribution >= 4 is 35.0 Å². The third kappa shape index (κ3) is 3.71. The molecule has 1 aromatic carbocycles. The summed E-state index contributed by atoms with van der Waals surface area (Å²) in [5.41, 5.74) is -0.443. The molecule has 0 aromatic heterocycles. The Morgan fingerprint density at radius 1 is 1.35 bits per heavy atom. The summed E-state index contributed by atoms with van der Waals surface area (Å²) >= 11 is 11.4. The second kappa shape index (κ2) is 7.26. The topological polar surface area (TPSA) is 55.4 Å². The van der Waals surface area contributed by atoms with Crippen LogP contribution in [0.2, 0.25) is 10.0 Å². The largest absolute Gasteiger partial charge is 0.462 e. The lowest BCUT2D eigenvalue weighted by Crippen LogP contribution is -2.19. The van der Waals surface area contributed by atoms with E-state index < -0.39 is 17.6 Å². The molecule has 0 aliphatic carbocycles. The maximum atomic E-state index is 13.4. The minimum Gasteiger partial charge on any atom is -0.462 e. The van der Waals surface area contributed by atoms with Gasteiger partial charge in [-0.1, -0.05) is 23.2 Å². The van der Waals surface area contributed by atoms with E-state index in [1.165, 1.54) is 13.2 Å². The van der Waals surface area contributed by atoms with Crippen molar-refractivity contribution in [2.45, 2.75) is 6.92 Å². The molecule has 1 aromatic rings. The molecule has 108 valence electrons. The van der Waals surface area contributed by atoms with Gasteiger partial charge in [0.05, 0.1) is 16.7 Å². The smallest absolute Gasteiger partial charge is 0.343 e. The number of Topliss-reactive ketones (excluding diaryl/α,β-unsaturated/α-hetero) is 1. The van der Waals surface area contributed by atoms with Crippen LogP contribution in [0.1, 0.15) is 17.3 Å². The Morgan fingerprint density at radius 2 is 2.00 bits per heavy atom. The number of hydrogen-bond donors (Lipinski definition) is 1. The van der Waals surface area contributed by atoms with Crippen LogP contribution in [0.25, 0.3) is 0 Å². The van der Waals surface area contributed by atoms with Crippen molar-refractivity contribution in [1.29, 1.82) is 0 Å². The molecule has 0 radical (unpaired) electrons. The summed E-state index contributed by atoms with van der Waals surface area (Å²) in [6.45, 7) is 1.71. The molecule has 20 heavy (non-hydrogen) atoms. The minimum absolute atomic E-state index is 0.0484. The Kier molecular flexibility index (Phi) is 5.98. The van der Waals surface area contributed by atoms with Gasteiger partial charge in [0.1, 0.15) is 11.4 Å². The lowest BCUT2D eigenvalue weighted by atomic mass is 10.0. The first-order chi connectivity index (χ1) is 9.42. The summed E-state index contributed by atoms with van der Waals surface area (Å²) in [5, 5.41) is 2.30. The van der Waals surface area contributed by atoms with Crippen LogP contribution in [-0.4, -0.2) is 25.4 Å². The molecule has 4 nitrogen and oxygen atoms in total. The zero-order chi connectivity index (χ0) is 15.3. The quantitative estimate of drug-likeness (QED) is 0.226. The number of carbonyl (C=O) groups excluding carboxylic acids is 2. The van der Waals surface area contributed by atoms with Gasteiger partial charge in [-0.3, -0.25) is 4.79 Å². The van der Waals surface area contributed by atoms with E-state index in [1.54, 1.807) is 6.92 Å². The van der Waals surface area contributed by atoms with E-state index in [9.17, 15) is 14.0 Å². The first-order valence-electron chi connectivity index (χ1n) is 5.66. The molecule has 0 atom stereocenters. The number of carbonyl (C=O) groups is 2. The van der Waals surface area contributed by atoms with E-state index in [0.29, 0.717) is 0 Å². The Balaban J connectivity index is 3.23. The number of esters is 1. The lowest BCUT2D eigenvalue weighted by Gasteiger charge is -2.08. The average molecular weight is 320 g/mol. The Morgan fingerprint density at radius 3 is 2.55 bits per heavy atom. The van der Waals surface area contributed by atoms with Crippen molar-refractivity contribution in [3.63, 3.8) is 0 Å². The second-order valence-corrected chi connectivity index (χ2v) is 4.46. The van der Waals surface area contributed by atoms with Crippen LogP contribution in [-0.2, 0) is 9.53 Å². The molecule has 1 rings (SSSR count). The molecule has 0 amide bonds. The highest BCUT2D eigenvalue weighted by Gasteiger charge is 2.24. The fourth-order valence-corrected chi connectivity index (χ4v) is 1.88. The number of ketones is 1. The van der Waals surface area contributed by atoms with Gasteiger partial charge in [0, 0.05) is 18.8 Å². The Hall–Kier alpha value is -1.59. The van der Waals surface area contributed by atoms with Crippen molar-refractivity contribution in [3.05, 3.63) is 45.3 Å². The average Bonchev–Trinajstić information content (AvgIpc) is 2.39. The van der Waals surface area contributed by atoms with Crippen LogP contribution in [0.3, 0.4) is 0 Å². The summed E-state index contributed by atoms with van der Waals surface area (Å²) in [4.78, 5) is 23.9. The third-order valence-corrected chi connectivity index (χ3v) is 2.89.